The smallest absolute Gasteiger partial charge is 0.319 e. The van der Waals surface area contributed by atoms with Crippen molar-refractivity contribution in [3.8, 4) is 0 Å². The number of aliphatic hydroxyl groups excluding tert-OH is 1. The standard InChI is InChI=1S/C13H21NO5/c1-18-12(16)7-14-9-3-8(13(17)19-2)4-10(14)6-11(15)5-9/h8-11,15H,3-7H2,1-2H3/t8?,9-,10-,11?/m1/s1. The van der Waals surface area contributed by atoms with E-state index in [1.807, 2.05) is 0 Å². The van der Waals surface area contributed by atoms with Gasteiger partial charge in [0.05, 0.1) is 32.8 Å². The zero-order chi connectivity index (χ0) is 14.0. The Morgan fingerprint density at radius 3 is 2.16 bits per heavy atom. The van der Waals surface area contributed by atoms with Crippen LogP contribution in [0.4, 0.5) is 0 Å². The minimum Gasteiger partial charge on any atom is -0.469 e. The molecule has 6 heteroatoms. The summed E-state index contributed by atoms with van der Waals surface area (Å²) in [7, 11) is 2.77. The molecule has 2 rings (SSSR count). The van der Waals surface area contributed by atoms with Crippen molar-refractivity contribution in [2.75, 3.05) is 20.8 Å². The number of methoxy groups -OCH3 is 2. The summed E-state index contributed by atoms with van der Waals surface area (Å²) in [4.78, 5) is 25.2. The summed E-state index contributed by atoms with van der Waals surface area (Å²) in [6.07, 6.45) is 2.12. The zero-order valence-corrected chi connectivity index (χ0v) is 11.4. The van der Waals surface area contributed by atoms with E-state index in [-0.39, 0.29) is 42.6 Å². The second-order valence-corrected chi connectivity index (χ2v) is 5.37. The summed E-state index contributed by atoms with van der Waals surface area (Å²) in [5, 5.41) is 9.85. The highest BCUT2D eigenvalue weighted by Crippen LogP contribution is 2.37. The summed E-state index contributed by atoms with van der Waals surface area (Å²) in [5.41, 5.74) is 0. The van der Waals surface area contributed by atoms with Crippen LogP contribution in [0.2, 0.25) is 0 Å². The quantitative estimate of drug-likeness (QED) is 0.725. The topological polar surface area (TPSA) is 76.1 Å². The lowest BCUT2D eigenvalue weighted by Crippen LogP contribution is -2.57. The number of hydrogen-bond acceptors (Lipinski definition) is 6. The minimum atomic E-state index is -0.345. The van der Waals surface area contributed by atoms with Crippen molar-refractivity contribution in [1.29, 1.82) is 0 Å². The molecule has 2 aliphatic rings. The molecule has 2 aliphatic heterocycles. The number of hydrogen-bond donors (Lipinski definition) is 1. The van der Waals surface area contributed by atoms with E-state index in [0.717, 1.165) is 0 Å². The van der Waals surface area contributed by atoms with Gasteiger partial charge in [0.25, 0.3) is 0 Å². The van der Waals surface area contributed by atoms with E-state index in [4.69, 9.17) is 9.47 Å². The maximum atomic E-state index is 11.7. The van der Waals surface area contributed by atoms with Crippen molar-refractivity contribution in [3.05, 3.63) is 0 Å². The van der Waals surface area contributed by atoms with Crippen LogP contribution in [0.25, 0.3) is 0 Å². The van der Waals surface area contributed by atoms with E-state index in [1.165, 1.54) is 14.2 Å². The highest BCUT2D eigenvalue weighted by Gasteiger charge is 2.44. The molecule has 0 spiro atoms. The molecule has 0 unspecified atom stereocenters. The van der Waals surface area contributed by atoms with Gasteiger partial charge >= 0.3 is 11.9 Å². The number of esters is 2. The molecule has 19 heavy (non-hydrogen) atoms. The van der Waals surface area contributed by atoms with Crippen LogP contribution in [0.1, 0.15) is 25.7 Å². The van der Waals surface area contributed by atoms with Crippen LogP contribution in [0, 0.1) is 5.92 Å². The van der Waals surface area contributed by atoms with E-state index in [1.54, 1.807) is 0 Å². The lowest BCUT2D eigenvalue weighted by molar-refractivity contribution is -0.154. The lowest BCUT2D eigenvalue weighted by atomic mass is 9.77. The Bertz CT molecular complexity index is 343. The van der Waals surface area contributed by atoms with Crippen molar-refractivity contribution in [3.63, 3.8) is 0 Å². The summed E-state index contributed by atoms with van der Waals surface area (Å²) in [5.74, 6) is -0.589. The number of nitrogens with zero attached hydrogens (tertiary/aromatic N) is 1. The van der Waals surface area contributed by atoms with Gasteiger partial charge in [0.15, 0.2) is 0 Å². The van der Waals surface area contributed by atoms with Crippen LogP contribution in [0.15, 0.2) is 0 Å². The van der Waals surface area contributed by atoms with Crippen LogP contribution in [-0.4, -0.2) is 60.9 Å². The molecule has 1 N–H and O–H groups in total. The van der Waals surface area contributed by atoms with Crippen LogP contribution >= 0.6 is 0 Å². The van der Waals surface area contributed by atoms with E-state index < -0.39 is 0 Å². The van der Waals surface area contributed by atoms with Crippen LogP contribution in [-0.2, 0) is 19.1 Å². The molecular formula is C13H21NO5. The fourth-order valence-corrected chi connectivity index (χ4v) is 3.34. The molecule has 0 aromatic heterocycles. The van der Waals surface area contributed by atoms with Gasteiger partial charge in [-0.05, 0) is 25.7 Å². The molecule has 0 aromatic carbocycles. The lowest BCUT2D eigenvalue weighted by Gasteiger charge is -2.49. The highest BCUT2D eigenvalue weighted by atomic mass is 16.5. The monoisotopic (exact) mass is 271 g/mol. The van der Waals surface area contributed by atoms with Crippen LogP contribution < -0.4 is 0 Å². The first-order valence-corrected chi connectivity index (χ1v) is 6.63. The Balaban J connectivity index is 2.08. The number of carbonyl (C=O) groups is 2. The van der Waals surface area contributed by atoms with Crippen molar-refractivity contribution in [2.45, 2.75) is 43.9 Å². The number of ether oxygens (including phenoxy) is 2. The highest BCUT2D eigenvalue weighted by molar-refractivity contribution is 5.73. The molecule has 2 fully saturated rings. The normalized spacial score (nSPS) is 34.7. The third-order valence-electron chi connectivity index (χ3n) is 4.21. The summed E-state index contributed by atoms with van der Waals surface area (Å²) >= 11 is 0. The van der Waals surface area contributed by atoms with Gasteiger partial charge in [-0.1, -0.05) is 0 Å². The molecular weight excluding hydrogens is 250 g/mol. The van der Waals surface area contributed by atoms with E-state index in [0.29, 0.717) is 25.7 Å². The molecule has 0 aliphatic carbocycles. The van der Waals surface area contributed by atoms with Gasteiger partial charge in [-0.3, -0.25) is 14.5 Å². The zero-order valence-electron chi connectivity index (χ0n) is 11.4. The molecule has 108 valence electrons. The van der Waals surface area contributed by atoms with Crippen LogP contribution in [0.5, 0.6) is 0 Å². The summed E-state index contributed by atoms with van der Waals surface area (Å²) < 4.78 is 9.51. The van der Waals surface area contributed by atoms with Gasteiger partial charge in [0.2, 0.25) is 0 Å². The average molecular weight is 271 g/mol. The Hall–Kier alpha value is -1.14. The number of aliphatic hydroxyl groups is 1. The second-order valence-electron chi connectivity index (χ2n) is 5.37. The van der Waals surface area contributed by atoms with Gasteiger partial charge in [-0.15, -0.1) is 0 Å². The number of carbonyl (C=O) groups excluding carboxylic acids is 2. The first-order valence-electron chi connectivity index (χ1n) is 6.63. The third kappa shape index (κ3) is 3.06. The van der Waals surface area contributed by atoms with Gasteiger partial charge in [-0.2, -0.15) is 0 Å². The summed E-state index contributed by atoms with van der Waals surface area (Å²) in [6, 6.07) is 0.0939. The largest absolute Gasteiger partial charge is 0.469 e. The SMILES string of the molecule is COC(=O)CN1[C@H]2CC(O)C[C@H]1CC(C(=O)OC)C2. The maximum Gasteiger partial charge on any atom is 0.319 e. The minimum absolute atomic E-state index is 0.0469. The number of piperidine rings is 2. The predicted octanol–water partition coefficient (Wildman–Crippen LogP) is -0.0637. The first kappa shape index (κ1) is 14.3. The fraction of sp³-hybridized carbons (Fsp3) is 0.846. The Morgan fingerprint density at radius 2 is 1.68 bits per heavy atom. The second kappa shape index (κ2) is 5.88. The van der Waals surface area contributed by atoms with E-state index in [9.17, 15) is 14.7 Å². The van der Waals surface area contributed by atoms with Crippen molar-refractivity contribution in [1.82, 2.24) is 4.90 Å². The van der Waals surface area contributed by atoms with Crippen molar-refractivity contribution in [2.24, 2.45) is 5.92 Å². The molecule has 6 nitrogen and oxygen atoms in total. The predicted molar refractivity (Wildman–Crippen MR) is 66.3 cm³/mol. The molecule has 2 bridgehead atoms. The molecule has 2 saturated heterocycles. The number of fused-ring (bicyclic) bond motifs is 2. The van der Waals surface area contributed by atoms with Crippen LogP contribution in [0.3, 0.4) is 0 Å². The Labute approximate surface area is 112 Å². The molecule has 0 amide bonds. The first-order chi connectivity index (χ1) is 9.05. The molecule has 0 saturated carbocycles. The third-order valence-corrected chi connectivity index (χ3v) is 4.21. The molecule has 2 atom stereocenters. The van der Waals surface area contributed by atoms with Gasteiger partial charge in [-0.25, -0.2) is 0 Å². The fourth-order valence-electron chi connectivity index (χ4n) is 3.34. The Morgan fingerprint density at radius 1 is 1.11 bits per heavy atom. The van der Waals surface area contributed by atoms with Crippen molar-refractivity contribution >= 4 is 11.9 Å². The molecule has 2 heterocycles. The summed E-state index contributed by atoms with van der Waals surface area (Å²) in [6.45, 7) is 0.229. The Kier molecular flexibility index (Phi) is 4.42. The van der Waals surface area contributed by atoms with Gasteiger partial charge < -0.3 is 14.6 Å². The van der Waals surface area contributed by atoms with Crippen molar-refractivity contribution < 1.29 is 24.2 Å². The van der Waals surface area contributed by atoms with Gasteiger partial charge in [0.1, 0.15) is 0 Å². The van der Waals surface area contributed by atoms with E-state index in [2.05, 4.69) is 4.90 Å². The number of rotatable bonds is 3. The maximum absolute atomic E-state index is 11.7. The molecule has 0 aromatic rings. The van der Waals surface area contributed by atoms with Gasteiger partial charge in [0, 0.05) is 12.1 Å². The van der Waals surface area contributed by atoms with E-state index >= 15 is 0 Å². The average Bonchev–Trinajstić information content (AvgIpc) is 2.38. The molecule has 0 radical (unpaired) electrons.